The Hall–Kier alpha value is -0.880. The van der Waals surface area contributed by atoms with Gasteiger partial charge in [-0.25, -0.2) is 0 Å². The number of amides is 1. The number of anilines is 1. The van der Waals surface area contributed by atoms with Crippen LogP contribution in [-0.2, 0) is 6.42 Å². The highest BCUT2D eigenvalue weighted by Crippen LogP contribution is 2.19. The number of aryl methyl sites for hydroxylation is 2. The maximum Gasteiger partial charge on any atom is 0.256 e. The molecule has 0 heterocycles. The molecule has 0 atom stereocenters. The Morgan fingerprint density at radius 3 is 2.76 bits per heavy atom. The van der Waals surface area contributed by atoms with Crippen LogP contribution in [0.15, 0.2) is 42.5 Å². The number of carbonyl (C=O) groups is 1. The molecule has 0 aliphatic carbocycles. The highest BCUT2D eigenvalue weighted by molar-refractivity contribution is 14.1. The number of benzene rings is 2. The summed E-state index contributed by atoms with van der Waals surface area (Å²) < 4.78 is 1.00. The number of nitrogens with one attached hydrogen (secondary N) is 1. The van der Waals surface area contributed by atoms with E-state index in [-0.39, 0.29) is 5.91 Å². The molecule has 4 heteroatoms. The van der Waals surface area contributed by atoms with Crippen LogP contribution in [0.5, 0.6) is 0 Å². The third-order valence-electron chi connectivity index (χ3n) is 3.22. The molecule has 0 radical (unpaired) electrons. The summed E-state index contributed by atoms with van der Waals surface area (Å²) in [6.07, 6.45) is 2.10. The number of rotatable bonds is 5. The topological polar surface area (TPSA) is 29.1 Å². The molecule has 0 aromatic heterocycles. The summed E-state index contributed by atoms with van der Waals surface area (Å²) in [6, 6.07) is 13.8. The summed E-state index contributed by atoms with van der Waals surface area (Å²) in [5.41, 5.74) is 3.94. The molecule has 0 saturated carbocycles. The zero-order valence-corrected chi connectivity index (χ0v) is 15.6. The van der Waals surface area contributed by atoms with E-state index in [0.717, 1.165) is 38.6 Å². The number of carbonyl (C=O) groups excluding carboxylic acids is 1. The number of alkyl halides is 1. The van der Waals surface area contributed by atoms with Gasteiger partial charge in [-0.2, -0.15) is 0 Å². The predicted molar refractivity (Wildman–Crippen MR) is 100 cm³/mol. The normalized spacial score (nSPS) is 10.4. The number of hydrogen-bond donors (Lipinski definition) is 1. The molecule has 2 aromatic carbocycles. The summed E-state index contributed by atoms with van der Waals surface area (Å²) in [5, 5.41) is 3.98. The predicted octanol–water partition coefficient (Wildman–Crippen LogP) is 5.18. The maximum absolute atomic E-state index is 12.4. The largest absolute Gasteiger partial charge is 0.322 e. The van der Waals surface area contributed by atoms with E-state index < -0.39 is 0 Å². The molecule has 0 aliphatic heterocycles. The fourth-order valence-corrected chi connectivity index (χ4v) is 2.98. The molecule has 0 saturated heterocycles. The molecule has 2 nitrogen and oxygen atoms in total. The first-order chi connectivity index (χ1) is 10.1. The lowest BCUT2D eigenvalue weighted by Gasteiger charge is -2.09. The fourth-order valence-electron chi connectivity index (χ4n) is 2.10. The van der Waals surface area contributed by atoms with Crippen LogP contribution in [0.2, 0.25) is 0 Å². The minimum Gasteiger partial charge on any atom is -0.322 e. The smallest absolute Gasteiger partial charge is 0.256 e. The second kappa shape index (κ2) is 7.94. The van der Waals surface area contributed by atoms with E-state index in [4.69, 9.17) is 0 Å². The highest BCUT2D eigenvalue weighted by Gasteiger charge is 2.11. The molecule has 2 rings (SSSR count). The maximum atomic E-state index is 12.4. The number of halogens is 2. The summed E-state index contributed by atoms with van der Waals surface area (Å²) >= 11 is 5.66. The second-order valence-corrected chi connectivity index (χ2v) is 6.76. The molecule has 110 valence electrons. The molecule has 1 amide bonds. The van der Waals surface area contributed by atoms with E-state index in [1.807, 2.05) is 43.3 Å². The van der Waals surface area contributed by atoms with E-state index in [2.05, 4.69) is 49.9 Å². The summed E-state index contributed by atoms with van der Waals surface area (Å²) in [5.74, 6) is -0.0549. The quantitative estimate of drug-likeness (QED) is 0.486. The molecule has 0 fully saturated rings. The first-order valence-electron chi connectivity index (χ1n) is 6.83. The van der Waals surface area contributed by atoms with Crippen molar-refractivity contribution in [2.45, 2.75) is 19.8 Å². The van der Waals surface area contributed by atoms with Crippen LogP contribution in [0.4, 0.5) is 5.69 Å². The Balaban J connectivity index is 2.14. The first kappa shape index (κ1) is 16.5. The summed E-state index contributed by atoms with van der Waals surface area (Å²) in [4.78, 5) is 12.4. The highest BCUT2D eigenvalue weighted by atomic mass is 127. The van der Waals surface area contributed by atoms with Crippen molar-refractivity contribution >= 4 is 50.1 Å². The van der Waals surface area contributed by atoms with Gasteiger partial charge in [-0.05, 0) is 71.7 Å². The average molecular weight is 458 g/mol. The van der Waals surface area contributed by atoms with Crippen molar-refractivity contribution in [3.05, 3.63) is 62.7 Å². The van der Waals surface area contributed by atoms with Crippen LogP contribution in [-0.4, -0.2) is 11.2 Å². The molecule has 0 unspecified atom stereocenters. The minimum atomic E-state index is -0.0549. The third kappa shape index (κ3) is 4.54. The van der Waals surface area contributed by atoms with E-state index in [0.29, 0.717) is 0 Å². The van der Waals surface area contributed by atoms with Gasteiger partial charge in [-0.3, -0.25) is 4.79 Å². The third-order valence-corrected chi connectivity index (χ3v) is 5.21. The van der Waals surface area contributed by atoms with Crippen LogP contribution < -0.4 is 5.32 Å². The first-order valence-corrected chi connectivity index (χ1v) is 9.03. The van der Waals surface area contributed by atoms with E-state index in [1.165, 1.54) is 5.56 Å². The lowest BCUT2D eigenvalue weighted by molar-refractivity contribution is 0.102. The zero-order valence-electron chi connectivity index (χ0n) is 11.8. The van der Waals surface area contributed by atoms with Gasteiger partial charge in [0.2, 0.25) is 0 Å². The van der Waals surface area contributed by atoms with Crippen LogP contribution in [0.1, 0.15) is 27.9 Å². The Kier molecular flexibility index (Phi) is 6.23. The van der Waals surface area contributed by atoms with E-state index >= 15 is 0 Å². The van der Waals surface area contributed by atoms with Crippen LogP contribution >= 0.6 is 38.5 Å². The van der Waals surface area contributed by atoms with Crippen molar-refractivity contribution < 1.29 is 4.79 Å². The molecule has 0 spiro atoms. The van der Waals surface area contributed by atoms with Crippen molar-refractivity contribution in [2.24, 2.45) is 0 Å². The van der Waals surface area contributed by atoms with Gasteiger partial charge < -0.3 is 5.32 Å². The van der Waals surface area contributed by atoms with Gasteiger partial charge in [0.1, 0.15) is 0 Å². The SMILES string of the molecule is Cc1cccc(C(=O)Nc2cccc(CCCBr)c2)c1I. The van der Waals surface area contributed by atoms with Crippen LogP contribution in [0.25, 0.3) is 0 Å². The molecular formula is C17H17BrINO. The van der Waals surface area contributed by atoms with Gasteiger partial charge in [0.15, 0.2) is 0 Å². The lowest BCUT2D eigenvalue weighted by Crippen LogP contribution is -2.14. The Bertz CT molecular complexity index is 642. The van der Waals surface area contributed by atoms with E-state index in [1.54, 1.807) is 0 Å². The summed E-state index contributed by atoms with van der Waals surface area (Å²) in [7, 11) is 0. The van der Waals surface area contributed by atoms with Gasteiger partial charge >= 0.3 is 0 Å². The molecular weight excluding hydrogens is 441 g/mol. The molecule has 2 aromatic rings. The standard InChI is InChI=1S/C17H17BrINO/c1-12-5-2-9-15(16(12)19)17(21)20-14-8-3-6-13(11-14)7-4-10-18/h2-3,5-6,8-9,11H,4,7,10H2,1H3,(H,20,21). The monoisotopic (exact) mass is 457 g/mol. The summed E-state index contributed by atoms with van der Waals surface area (Å²) in [6.45, 7) is 2.01. The molecule has 0 bridgehead atoms. The number of hydrogen-bond acceptors (Lipinski definition) is 1. The molecule has 21 heavy (non-hydrogen) atoms. The van der Waals surface area contributed by atoms with Gasteiger partial charge in [0, 0.05) is 14.6 Å². The Labute approximate surface area is 147 Å². The zero-order chi connectivity index (χ0) is 15.2. The Morgan fingerprint density at radius 1 is 1.24 bits per heavy atom. The van der Waals surface area contributed by atoms with Crippen molar-refractivity contribution in [1.29, 1.82) is 0 Å². The second-order valence-electron chi connectivity index (χ2n) is 4.88. The Morgan fingerprint density at radius 2 is 2.00 bits per heavy atom. The molecule has 1 N–H and O–H groups in total. The van der Waals surface area contributed by atoms with Gasteiger partial charge in [0.05, 0.1) is 5.56 Å². The van der Waals surface area contributed by atoms with Crippen LogP contribution in [0, 0.1) is 10.5 Å². The van der Waals surface area contributed by atoms with E-state index in [9.17, 15) is 4.79 Å². The van der Waals surface area contributed by atoms with Crippen LogP contribution in [0.3, 0.4) is 0 Å². The minimum absolute atomic E-state index is 0.0549. The van der Waals surface area contributed by atoms with Gasteiger partial charge in [0.25, 0.3) is 5.91 Å². The van der Waals surface area contributed by atoms with Crippen molar-refractivity contribution in [3.63, 3.8) is 0 Å². The molecule has 0 aliphatic rings. The van der Waals surface area contributed by atoms with Crippen molar-refractivity contribution in [2.75, 3.05) is 10.6 Å². The van der Waals surface area contributed by atoms with Crippen molar-refractivity contribution in [3.8, 4) is 0 Å². The fraction of sp³-hybridized carbons (Fsp3) is 0.235. The van der Waals surface area contributed by atoms with Gasteiger partial charge in [-0.1, -0.05) is 40.2 Å². The van der Waals surface area contributed by atoms with Crippen molar-refractivity contribution in [1.82, 2.24) is 0 Å². The average Bonchev–Trinajstić information content (AvgIpc) is 2.48. The lowest BCUT2D eigenvalue weighted by atomic mass is 10.1. The van der Waals surface area contributed by atoms with Gasteiger partial charge in [-0.15, -0.1) is 0 Å².